The molecule has 1 rings (SSSR count). The number of halogens is 1. The maximum Gasteiger partial charge on any atom is 0.132 e. The van der Waals surface area contributed by atoms with Gasteiger partial charge in [0.15, 0.2) is 0 Å². The maximum atomic E-state index is 5.26. The van der Waals surface area contributed by atoms with E-state index in [0.717, 1.165) is 15.1 Å². The van der Waals surface area contributed by atoms with E-state index in [1.165, 1.54) is 5.19 Å². The highest BCUT2D eigenvalue weighted by Gasteiger charge is 2.23. The second-order valence-corrected chi connectivity index (χ2v) is 10.5. The Labute approximate surface area is 100 Å². The molecule has 0 bridgehead atoms. The highest BCUT2D eigenvalue weighted by Crippen LogP contribution is 2.27. The number of benzene rings is 1. The molecule has 1 aromatic carbocycles. The van der Waals surface area contributed by atoms with Crippen LogP contribution >= 0.6 is 28.6 Å². The largest absolute Gasteiger partial charge is 0.496 e. The third-order valence-corrected chi connectivity index (χ3v) is 5.76. The van der Waals surface area contributed by atoms with E-state index in [0.29, 0.717) is 0 Å². The second kappa shape index (κ2) is 4.29. The van der Waals surface area contributed by atoms with Crippen molar-refractivity contribution in [3.63, 3.8) is 0 Å². The monoisotopic (exact) mass is 290 g/mol. The van der Waals surface area contributed by atoms with Crippen molar-refractivity contribution in [3.05, 3.63) is 16.6 Å². The van der Waals surface area contributed by atoms with Gasteiger partial charge in [0.2, 0.25) is 0 Å². The highest BCUT2D eigenvalue weighted by molar-refractivity contribution is 9.10. The van der Waals surface area contributed by atoms with Crippen molar-refractivity contribution in [3.8, 4) is 5.75 Å². The van der Waals surface area contributed by atoms with Crippen LogP contribution in [0.1, 0.15) is 0 Å². The van der Waals surface area contributed by atoms with Gasteiger partial charge in [-0.3, -0.25) is 0 Å². The van der Waals surface area contributed by atoms with Gasteiger partial charge < -0.3 is 4.74 Å². The number of methoxy groups -OCH3 is 1. The molecule has 0 fully saturated rings. The Morgan fingerprint density at radius 3 is 2.29 bits per heavy atom. The first-order valence-electron chi connectivity index (χ1n) is 4.44. The quantitative estimate of drug-likeness (QED) is 0.650. The maximum absolute atomic E-state index is 5.26. The summed E-state index contributed by atoms with van der Waals surface area (Å²) in [6.45, 7) is 6.89. The molecule has 0 saturated heterocycles. The van der Waals surface area contributed by atoms with Gasteiger partial charge in [-0.15, -0.1) is 12.6 Å². The van der Waals surface area contributed by atoms with E-state index in [4.69, 9.17) is 4.74 Å². The normalized spacial score (nSPS) is 11.6. The first kappa shape index (κ1) is 12.1. The zero-order chi connectivity index (χ0) is 10.9. The fourth-order valence-corrected chi connectivity index (χ4v) is 6.62. The Morgan fingerprint density at radius 2 is 1.86 bits per heavy atom. The van der Waals surface area contributed by atoms with Crippen molar-refractivity contribution in [2.45, 2.75) is 24.5 Å². The van der Waals surface area contributed by atoms with Gasteiger partial charge in [-0.05, 0) is 17.3 Å². The van der Waals surface area contributed by atoms with Crippen molar-refractivity contribution in [1.29, 1.82) is 0 Å². The molecule has 0 radical (unpaired) electrons. The number of thiol groups is 1. The fourth-order valence-electron chi connectivity index (χ4n) is 1.43. The molecule has 0 N–H and O–H groups in total. The van der Waals surface area contributed by atoms with Gasteiger partial charge in [-0.1, -0.05) is 35.6 Å². The lowest BCUT2D eigenvalue weighted by atomic mass is 10.3. The van der Waals surface area contributed by atoms with Crippen LogP contribution in [0.5, 0.6) is 5.75 Å². The van der Waals surface area contributed by atoms with Crippen LogP contribution in [0.2, 0.25) is 19.6 Å². The first-order chi connectivity index (χ1) is 6.38. The molecule has 0 heterocycles. The molecule has 78 valence electrons. The van der Waals surface area contributed by atoms with Crippen molar-refractivity contribution < 1.29 is 4.74 Å². The predicted octanol–water partition coefficient (Wildman–Crippen LogP) is 3.29. The summed E-state index contributed by atoms with van der Waals surface area (Å²) in [5, 5.41) is 1.32. The van der Waals surface area contributed by atoms with Gasteiger partial charge in [0, 0.05) is 9.37 Å². The van der Waals surface area contributed by atoms with E-state index in [9.17, 15) is 0 Å². The molecule has 0 saturated carbocycles. The molecule has 1 nitrogen and oxygen atoms in total. The molecule has 0 aliphatic heterocycles. The van der Waals surface area contributed by atoms with Crippen molar-refractivity contribution in [2.24, 2.45) is 0 Å². The molecule has 4 heteroatoms. The van der Waals surface area contributed by atoms with Gasteiger partial charge in [0.25, 0.3) is 0 Å². The summed E-state index contributed by atoms with van der Waals surface area (Å²) in [4.78, 5) is 0.973. The van der Waals surface area contributed by atoms with E-state index in [-0.39, 0.29) is 0 Å². The molecular weight excluding hydrogens is 276 g/mol. The summed E-state index contributed by atoms with van der Waals surface area (Å²) in [7, 11) is 0.304. The van der Waals surface area contributed by atoms with Crippen LogP contribution in [-0.4, -0.2) is 15.2 Å². The number of rotatable bonds is 2. The molecule has 0 atom stereocenters. The van der Waals surface area contributed by atoms with E-state index in [1.54, 1.807) is 7.11 Å². The molecule has 0 aliphatic carbocycles. The Kier molecular flexibility index (Phi) is 3.72. The third kappa shape index (κ3) is 2.35. The summed E-state index contributed by atoms with van der Waals surface area (Å²) in [6, 6.07) is 3.97. The number of ether oxygens (including phenoxy) is 1. The molecule has 1 aromatic rings. The average molecular weight is 291 g/mol. The van der Waals surface area contributed by atoms with Crippen LogP contribution < -0.4 is 9.92 Å². The lowest BCUT2D eigenvalue weighted by Gasteiger charge is -2.22. The standard InChI is InChI=1S/C10H15BrOSSi/c1-12-8-6-5-7(11)10(9(8)13)14(2,3)4/h5-6,13H,1-4H3. The van der Waals surface area contributed by atoms with Crippen LogP contribution in [0.4, 0.5) is 0 Å². The molecule has 0 spiro atoms. The van der Waals surface area contributed by atoms with E-state index in [2.05, 4.69) is 48.2 Å². The van der Waals surface area contributed by atoms with Crippen LogP contribution in [0.15, 0.2) is 21.5 Å². The van der Waals surface area contributed by atoms with Crippen LogP contribution in [0, 0.1) is 0 Å². The zero-order valence-electron chi connectivity index (χ0n) is 8.89. The highest BCUT2D eigenvalue weighted by atomic mass is 79.9. The smallest absolute Gasteiger partial charge is 0.132 e. The molecular formula is C10H15BrOSSi. The molecule has 0 unspecified atom stereocenters. The van der Waals surface area contributed by atoms with Gasteiger partial charge >= 0.3 is 0 Å². The minimum atomic E-state index is -1.37. The lowest BCUT2D eigenvalue weighted by molar-refractivity contribution is 0.405. The zero-order valence-corrected chi connectivity index (χ0v) is 12.4. The second-order valence-electron chi connectivity index (χ2n) is 4.22. The molecule has 0 amide bonds. The van der Waals surface area contributed by atoms with Crippen LogP contribution in [0.25, 0.3) is 0 Å². The predicted molar refractivity (Wildman–Crippen MR) is 70.9 cm³/mol. The Morgan fingerprint density at radius 1 is 1.29 bits per heavy atom. The van der Waals surface area contributed by atoms with Crippen LogP contribution in [-0.2, 0) is 0 Å². The minimum Gasteiger partial charge on any atom is -0.496 e. The number of hydrogen-bond donors (Lipinski definition) is 1. The van der Waals surface area contributed by atoms with Crippen molar-refractivity contribution >= 4 is 41.8 Å². The topological polar surface area (TPSA) is 9.23 Å². The van der Waals surface area contributed by atoms with Crippen LogP contribution in [0.3, 0.4) is 0 Å². The number of hydrogen-bond acceptors (Lipinski definition) is 2. The van der Waals surface area contributed by atoms with E-state index < -0.39 is 8.07 Å². The summed E-state index contributed by atoms with van der Waals surface area (Å²) in [5.74, 6) is 0.856. The first-order valence-corrected chi connectivity index (χ1v) is 9.18. The van der Waals surface area contributed by atoms with Crippen molar-refractivity contribution in [2.75, 3.05) is 7.11 Å². The summed E-state index contributed by atoms with van der Waals surface area (Å²) in [5.41, 5.74) is 0. The minimum absolute atomic E-state index is 0.856. The van der Waals surface area contributed by atoms with E-state index >= 15 is 0 Å². The SMILES string of the molecule is COc1ccc(Br)c([Si](C)(C)C)c1S. The molecule has 0 aromatic heterocycles. The Balaban J connectivity index is 3.40. The molecule has 14 heavy (non-hydrogen) atoms. The third-order valence-electron chi connectivity index (χ3n) is 2.06. The lowest BCUT2D eigenvalue weighted by Crippen LogP contribution is -2.39. The summed E-state index contributed by atoms with van der Waals surface area (Å²) in [6.07, 6.45) is 0. The summed E-state index contributed by atoms with van der Waals surface area (Å²) < 4.78 is 6.40. The fraction of sp³-hybridized carbons (Fsp3) is 0.400. The Hall–Kier alpha value is 0.0669. The van der Waals surface area contributed by atoms with Crippen molar-refractivity contribution in [1.82, 2.24) is 0 Å². The average Bonchev–Trinajstić information content (AvgIpc) is 2.02. The van der Waals surface area contributed by atoms with Gasteiger partial charge in [-0.2, -0.15) is 0 Å². The van der Waals surface area contributed by atoms with Gasteiger partial charge in [-0.25, -0.2) is 0 Å². The van der Waals surface area contributed by atoms with Gasteiger partial charge in [0.05, 0.1) is 15.2 Å². The van der Waals surface area contributed by atoms with E-state index in [1.807, 2.05) is 12.1 Å². The summed E-state index contributed by atoms with van der Waals surface area (Å²) >= 11 is 8.11. The molecule has 0 aliphatic rings. The Bertz CT molecular complexity index is 347. The van der Waals surface area contributed by atoms with Gasteiger partial charge in [0.1, 0.15) is 5.75 Å².